The number of anilines is 1. The Morgan fingerprint density at radius 2 is 2.11 bits per heavy atom. The number of hydrogen-bond acceptors (Lipinski definition) is 4. The summed E-state index contributed by atoms with van der Waals surface area (Å²) in [7, 11) is 0. The van der Waals surface area contributed by atoms with Crippen molar-refractivity contribution in [2.75, 3.05) is 18.0 Å². The number of carbonyl (C=O) groups excluding carboxylic acids is 1. The molecule has 1 aromatic rings. The normalized spacial score (nSPS) is 20.7. The molecule has 1 fully saturated rings. The van der Waals surface area contributed by atoms with Crippen LogP contribution in [0.15, 0.2) is 0 Å². The van der Waals surface area contributed by atoms with Gasteiger partial charge in [0.15, 0.2) is 10.9 Å². The lowest BCUT2D eigenvalue weighted by atomic mass is 9.89. The van der Waals surface area contributed by atoms with Crippen LogP contribution in [0.4, 0.5) is 5.13 Å². The van der Waals surface area contributed by atoms with Gasteiger partial charge in [0.1, 0.15) is 0 Å². The van der Waals surface area contributed by atoms with E-state index in [-0.39, 0.29) is 5.78 Å². The molecule has 4 heteroatoms. The third-order valence-electron chi connectivity index (χ3n) is 4.09. The van der Waals surface area contributed by atoms with Crippen molar-refractivity contribution in [1.82, 2.24) is 4.98 Å². The number of aromatic nitrogens is 1. The smallest absolute Gasteiger partial charge is 0.186 e. The second-order valence-electron chi connectivity index (χ2n) is 5.89. The molecule has 0 spiro atoms. The zero-order valence-electron chi connectivity index (χ0n) is 12.4. The van der Waals surface area contributed by atoms with E-state index in [2.05, 4.69) is 23.7 Å². The summed E-state index contributed by atoms with van der Waals surface area (Å²) in [5.74, 6) is 1.74. The highest BCUT2D eigenvalue weighted by molar-refractivity contribution is 7.17. The Morgan fingerprint density at radius 3 is 2.68 bits per heavy atom. The first-order chi connectivity index (χ1) is 8.99. The summed E-state index contributed by atoms with van der Waals surface area (Å²) in [6.45, 7) is 10.4. The van der Waals surface area contributed by atoms with Crippen LogP contribution in [0.1, 0.15) is 55.4 Å². The quantitative estimate of drug-likeness (QED) is 0.787. The van der Waals surface area contributed by atoms with Gasteiger partial charge in [-0.1, -0.05) is 25.2 Å². The summed E-state index contributed by atoms with van der Waals surface area (Å²) in [6, 6.07) is 0. The van der Waals surface area contributed by atoms with Gasteiger partial charge in [0.05, 0.1) is 10.6 Å². The van der Waals surface area contributed by atoms with Gasteiger partial charge in [-0.15, -0.1) is 0 Å². The van der Waals surface area contributed by atoms with Gasteiger partial charge < -0.3 is 4.90 Å². The predicted octanol–water partition coefficient (Wildman–Crippen LogP) is 3.92. The van der Waals surface area contributed by atoms with Crippen LogP contribution in [0.25, 0.3) is 0 Å². The van der Waals surface area contributed by atoms with E-state index < -0.39 is 0 Å². The molecule has 0 aromatic carbocycles. The molecule has 106 valence electrons. The molecule has 1 aliphatic heterocycles. The minimum atomic E-state index is 0.135. The van der Waals surface area contributed by atoms with Crippen molar-refractivity contribution in [3.05, 3.63) is 10.6 Å². The van der Waals surface area contributed by atoms with Gasteiger partial charge in [0.2, 0.25) is 0 Å². The van der Waals surface area contributed by atoms with Crippen LogP contribution in [0.3, 0.4) is 0 Å². The van der Waals surface area contributed by atoms with Crippen molar-refractivity contribution in [2.24, 2.45) is 11.8 Å². The van der Waals surface area contributed by atoms with E-state index in [0.29, 0.717) is 0 Å². The number of nitrogens with zero attached hydrogens (tertiary/aromatic N) is 2. The molecule has 0 amide bonds. The van der Waals surface area contributed by atoms with Crippen molar-refractivity contribution in [2.45, 2.75) is 47.0 Å². The topological polar surface area (TPSA) is 33.2 Å². The molecule has 19 heavy (non-hydrogen) atoms. The van der Waals surface area contributed by atoms with Crippen molar-refractivity contribution in [3.8, 4) is 0 Å². The lowest BCUT2D eigenvalue weighted by Gasteiger charge is -2.20. The molecule has 2 rings (SSSR count). The van der Waals surface area contributed by atoms with Crippen molar-refractivity contribution >= 4 is 22.3 Å². The molecule has 0 aliphatic carbocycles. The Labute approximate surface area is 120 Å². The van der Waals surface area contributed by atoms with Gasteiger partial charge in [-0.05, 0) is 38.0 Å². The van der Waals surface area contributed by atoms with E-state index >= 15 is 0 Å². The minimum absolute atomic E-state index is 0.135. The summed E-state index contributed by atoms with van der Waals surface area (Å²) >= 11 is 1.56. The zero-order chi connectivity index (χ0) is 14.0. The van der Waals surface area contributed by atoms with E-state index in [4.69, 9.17) is 0 Å². The lowest BCUT2D eigenvalue weighted by molar-refractivity contribution is 0.102. The second kappa shape index (κ2) is 6.04. The monoisotopic (exact) mass is 280 g/mol. The van der Waals surface area contributed by atoms with Crippen LogP contribution in [-0.4, -0.2) is 23.9 Å². The number of thiazole rings is 1. The van der Waals surface area contributed by atoms with E-state index in [1.165, 1.54) is 19.3 Å². The number of ketones is 1. The highest BCUT2D eigenvalue weighted by Crippen LogP contribution is 2.31. The van der Waals surface area contributed by atoms with Crippen LogP contribution in [0.5, 0.6) is 0 Å². The maximum absolute atomic E-state index is 11.5. The molecule has 1 aliphatic rings. The first-order valence-electron chi connectivity index (χ1n) is 7.22. The minimum Gasteiger partial charge on any atom is -0.348 e. The predicted molar refractivity (Wildman–Crippen MR) is 81.2 cm³/mol. The van der Waals surface area contributed by atoms with Crippen LogP contribution >= 0.6 is 11.3 Å². The summed E-state index contributed by atoms with van der Waals surface area (Å²) < 4.78 is 0. The number of Topliss-reactive ketones (excluding diaryl/α,β-unsaturated/α-hetero) is 1. The van der Waals surface area contributed by atoms with Gasteiger partial charge in [0, 0.05) is 20.0 Å². The van der Waals surface area contributed by atoms with Crippen LogP contribution in [0, 0.1) is 18.8 Å². The second-order valence-corrected chi connectivity index (χ2v) is 6.87. The molecule has 1 saturated heterocycles. The Balaban J connectivity index is 2.10. The van der Waals surface area contributed by atoms with Gasteiger partial charge in [-0.2, -0.15) is 0 Å². The van der Waals surface area contributed by atoms with Crippen molar-refractivity contribution in [1.29, 1.82) is 0 Å². The molecule has 3 nitrogen and oxygen atoms in total. The number of hydrogen-bond donors (Lipinski definition) is 0. The molecular weight excluding hydrogens is 256 g/mol. The third kappa shape index (κ3) is 3.35. The Morgan fingerprint density at radius 1 is 1.37 bits per heavy atom. The van der Waals surface area contributed by atoms with E-state index in [1.807, 2.05) is 6.92 Å². The molecule has 2 heterocycles. The average Bonchev–Trinajstić information content (AvgIpc) is 2.59. The van der Waals surface area contributed by atoms with Gasteiger partial charge >= 0.3 is 0 Å². The summed E-state index contributed by atoms with van der Waals surface area (Å²) in [5, 5.41) is 1.03. The van der Waals surface area contributed by atoms with Crippen molar-refractivity contribution < 1.29 is 4.79 Å². The summed E-state index contributed by atoms with van der Waals surface area (Å²) in [5.41, 5.74) is 0.886. The summed E-state index contributed by atoms with van der Waals surface area (Å²) in [4.78, 5) is 19.3. The highest BCUT2D eigenvalue weighted by atomic mass is 32.1. The maximum Gasteiger partial charge on any atom is 0.186 e. The molecule has 1 aromatic heterocycles. The molecule has 0 N–H and O–H groups in total. The van der Waals surface area contributed by atoms with E-state index in [0.717, 1.165) is 40.6 Å². The molecule has 1 atom stereocenters. The Kier molecular flexibility index (Phi) is 4.61. The van der Waals surface area contributed by atoms with E-state index in [1.54, 1.807) is 18.3 Å². The van der Waals surface area contributed by atoms with E-state index in [9.17, 15) is 4.79 Å². The van der Waals surface area contributed by atoms with Crippen molar-refractivity contribution in [3.63, 3.8) is 0 Å². The third-order valence-corrected chi connectivity index (χ3v) is 5.41. The number of rotatable bonds is 3. The first-order valence-corrected chi connectivity index (χ1v) is 8.04. The number of carbonyl (C=O) groups is 1. The Hall–Kier alpha value is -0.900. The largest absolute Gasteiger partial charge is 0.348 e. The number of aryl methyl sites for hydroxylation is 1. The maximum atomic E-state index is 11.5. The van der Waals surface area contributed by atoms with Gasteiger partial charge in [0.25, 0.3) is 0 Å². The van der Waals surface area contributed by atoms with Gasteiger partial charge in [-0.25, -0.2) is 4.98 Å². The molecule has 0 saturated carbocycles. The molecular formula is C15H24N2OS. The molecule has 1 unspecified atom stereocenters. The van der Waals surface area contributed by atoms with Gasteiger partial charge in [-0.3, -0.25) is 4.79 Å². The highest BCUT2D eigenvalue weighted by Gasteiger charge is 2.22. The SMILES string of the molecule is CC(=O)c1sc(N2CCCC(C(C)C)CC2)nc1C. The zero-order valence-corrected chi connectivity index (χ0v) is 13.2. The van der Waals surface area contributed by atoms with Crippen LogP contribution < -0.4 is 4.90 Å². The average molecular weight is 280 g/mol. The fourth-order valence-electron chi connectivity index (χ4n) is 2.82. The Bertz CT molecular complexity index is 453. The molecule has 0 radical (unpaired) electrons. The molecule has 0 bridgehead atoms. The van der Waals surface area contributed by atoms with Crippen LogP contribution in [0.2, 0.25) is 0 Å². The standard InChI is InChI=1S/C15H24N2OS/c1-10(2)13-6-5-8-17(9-7-13)15-16-11(3)14(19-15)12(4)18/h10,13H,5-9H2,1-4H3. The lowest BCUT2D eigenvalue weighted by Crippen LogP contribution is -2.24. The fraction of sp³-hybridized carbons (Fsp3) is 0.733. The fourth-order valence-corrected chi connectivity index (χ4v) is 3.84. The first kappa shape index (κ1) is 14.5. The van der Waals surface area contributed by atoms with Crippen LogP contribution in [-0.2, 0) is 0 Å². The summed E-state index contributed by atoms with van der Waals surface area (Å²) in [6.07, 6.45) is 3.79.